The lowest BCUT2D eigenvalue weighted by atomic mass is 10.2. The van der Waals surface area contributed by atoms with Crippen molar-refractivity contribution < 1.29 is 14.3 Å². The highest BCUT2D eigenvalue weighted by Gasteiger charge is 2.08. The minimum absolute atomic E-state index is 0.0290. The van der Waals surface area contributed by atoms with E-state index in [4.69, 9.17) is 4.74 Å². The number of rotatable bonds is 7. The van der Waals surface area contributed by atoms with Crippen molar-refractivity contribution in [1.29, 1.82) is 0 Å². The fourth-order valence-corrected chi connectivity index (χ4v) is 1.59. The number of carbonyl (C=O) groups is 2. The first kappa shape index (κ1) is 14.2. The molecule has 4 nitrogen and oxygen atoms in total. The average Bonchev–Trinajstić information content (AvgIpc) is 2.42. The first-order valence-electron chi connectivity index (χ1n) is 6.17. The molecule has 0 unspecified atom stereocenters. The lowest BCUT2D eigenvalue weighted by molar-refractivity contribution is -0.123. The van der Waals surface area contributed by atoms with Gasteiger partial charge in [0.05, 0.1) is 0 Å². The van der Waals surface area contributed by atoms with Crippen LogP contribution in [0.25, 0.3) is 0 Å². The van der Waals surface area contributed by atoms with E-state index in [1.807, 2.05) is 13.8 Å². The second-order valence-electron chi connectivity index (χ2n) is 4.06. The maximum Gasteiger partial charge on any atom is 0.258 e. The van der Waals surface area contributed by atoms with E-state index in [-0.39, 0.29) is 18.6 Å². The molecule has 0 radical (unpaired) electrons. The summed E-state index contributed by atoms with van der Waals surface area (Å²) >= 11 is 0. The summed E-state index contributed by atoms with van der Waals surface area (Å²) in [6.07, 6.45) is 2.56. The zero-order valence-corrected chi connectivity index (χ0v) is 10.8. The number of amides is 1. The Hall–Kier alpha value is -1.84. The lowest BCUT2D eigenvalue weighted by Gasteiger charge is -2.14. The van der Waals surface area contributed by atoms with Crippen LogP contribution in [0.15, 0.2) is 24.3 Å². The Morgan fingerprint density at radius 3 is 2.72 bits per heavy atom. The normalized spacial score (nSPS) is 10.2. The molecule has 1 aromatic carbocycles. The summed E-state index contributed by atoms with van der Waals surface area (Å²) in [5.41, 5.74) is 0.535. The number of nitrogens with one attached hydrogen (secondary N) is 1. The minimum atomic E-state index is -0.139. The van der Waals surface area contributed by atoms with Crippen molar-refractivity contribution in [3.63, 3.8) is 0 Å². The maximum absolute atomic E-state index is 11.6. The molecule has 0 bridgehead atoms. The molecule has 0 aliphatic rings. The number of carbonyl (C=O) groups excluding carboxylic acids is 2. The van der Waals surface area contributed by atoms with Crippen LogP contribution in [0.4, 0.5) is 0 Å². The van der Waals surface area contributed by atoms with E-state index in [1.165, 1.54) is 0 Å². The molecule has 1 aromatic rings. The van der Waals surface area contributed by atoms with Gasteiger partial charge in [0.2, 0.25) is 0 Å². The third kappa shape index (κ3) is 4.57. The summed E-state index contributed by atoms with van der Waals surface area (Å²) in [6, 6.07) is 6.93. The molecule has 0 aliphatic heterocycles. The van der Waals surface area contributed by atoms with Crippen molar-refractivity contribution in [3.8, 4) is 5.75 Å². The summed E-state index contributed by atoms with van der Waals surface area (Å²) in [4.78, 5) is 22.2. The maximum atomic E-state index is 11.6. The molecule has 1 rings (SSSR count). The van der Waals surface area contributed by atoms with Crippen molar-refractivity contribution in [2.24, 2.45) is 0 Å². The standard InChI is InChI=1S/C14H19NO3/c1-3-12(4-2)15-14(17)10-18-13-7-5-6-11(8-13)9-16/h5-9,12H,3-4,10H2,1-2H3,(H,15,17). The zero-order valence-electron chi connectivity index (χ0n) is 10.8. The molecule has 1 N–H and O–H groups in total. The summed E-state index contributed by atoms with van der Waals surface area (Å²) in [7, 11) is 0. The summed E-state index contributed by atoms with van der Waals surface area (Å²) in [6.45, 7) is 4.03. The predicted molar refractivity (Wildman–Crippen MR) is 69.8 cm³/mol. The average molecular weight is 249 g/mol. The summed E-state index contributed by atoms with van der Waals surface area (Å²) in [5.74, 6) is 0.388. The van der Waals surface area contributed by atoms with Gasteiger partial charge in [-0.1, -0.05) is 26.0 Å². The molecular weight excluding hydrogens is 230 g/mol. The molecule has 0 atom stereocenters. The number of benzene rings is 1. The van der Waals surface area contributed by atoms with Gasteiger partial charge in [-0.05, 0) is 25.0 Å². The van der Waals surface area contributed by atoms with Gasteiger partial charge in [0.1, 0.15) is 12.0 Å². The number of ether oxygens (including phenoxy) is 1. The Labute approximate surface area is 107 Å². The van der Waals surface area contributed by atoms with Gasteiger partial charge in [-0.2, -0.15) is 0 Å². The molecule has 0 spiro atoms. The van der Waals surface area contributed by atoms with Crippen LogP contribution in [-0.4, -0.2) is 24.8 Å². The second-order valence-corrected chi connectivity index (χ2v) is 4.06. The topological polar surface area (TPSA) is 55.4 Å². The van der Waals surface area contributed by atoms with Crippen LogP contribution in [0.1, 0.15) is 37.0 Å². The Morgan fingerprint density at radius 2 is 2.11 bits per heavy atom. The fraction of sp³-hybridized carbons (Fsp3) is 0.429. The number of hydrogen-bond acceptors (Lipinski definition) is 3. The van der Waals surface area contributed by atoms with Crippen molar-refractivity contribution in [1.82, 2.24) is 5.32 Å². The fourth-order valence-electron chi connectivity index (χ4n) is 1.59. The monoisotopic (exact) mass is 249 g/mol. The first-order valence-corrected chi connectivity index (χ1v) is 6.17. The molecule has 0 aromatic heterocycles. The molecule has 0 aliphatic carbocycles. The Balaban J connectivity index is 2.44. The Kier molecular flexibility index (Phi) is 5.91. The van der Waals surface area contributed by atoms with E-state index < -0.39 is 0 Å². The van der Waals surface area contributed by atoms with E-state index >= 15 is 0 Å². The number of hydrogen-bond donors (Lipinski definition) is 1. The van der Waals surface area contributed by atoms with Gasteiger partial charge in [-0.15, -0.1) is 0 Å². The van der Waals surface area contributed by atoms with E-state index in [0.29, 0.717) is 11.3 Å². The molecule has 0 heterocycles. The SMILES string of the molecule is CCC(CC)NC(=O)COc1cccc(C=O)c1. The summed E-state index contributed by atoms with van der Waals surface area (Å²) < 4.78 is 5.33. The van der Waals surface area contributed by atoms with Gasteiger partial charge in [-0.3, -0.25) is 9.59 Å². The van der Waals surface area contributed by atoms with Crippen molar-refractivity contribution in [3.05, 3.63) is 29.8 Å². The Morgan fingerprint density at radius 1 is 1.39 bits per heavy atom. The van der Waals surface area contributed by atoms with E-state index in [9.17, 15) is 9.59 Å². The van der Waals surface area contributed by atoms with Crippen LogP contribution in [0.5, 0.6) is 5.75 Å². The van der Waals surface area contributed by atoms with E-state index in [0.717, 1.165) is 19.1 Å². The first-order chi connectivity index (χ1) is 8.69. The highest BCUT2D eigenvalue weighted by molar-refractivity contribution is 5.78. The van der Waals surface area contributed by atoms with Gasteiger partial charge in [0, 0.05) is 11.6 Å². The molecule has 0 saturated carbocycles. The van der Waals surface area contributed by atoms with Crippen molar-refractivity contribution in [2.45, 2.75) is 32.7 Å². The Bertz CT molecular complexity index is 400. The second kappa shape index (κ2) is 7.48. The minimum Gasteiger partial charge on any atom is -0.484 e. The van der Waals surface area contributed by atoms with Crippen LogP contribution < -0.4 is 10.1 Å². The predicted octanol–water partition coefficient (Wildman–Crippen LogP) is 2.18. The smallest absolute Gasteiger partial charge is 0.258 e. The highest BCUT2D eigenvalue weighted by atomic mass is 16.5. The molecule has 4 heteroatoms. The molecule has 0 saturated heterocycles. The number of aldehydes is 1. The molecule has 0 fully saturated rings. The van der Waals surface area contributed by atoms with Crippen LogP contribution in [0, 0.1) is 0 Å². The third-order valence-corrected chi connectivity index (χ3v) is 2.71. The summed E-state index contributed by atoms with van der Waals surface area (Å²) in [5, 5.41) is 2.88. The van der Waals surface area contributed by atoms with Crippen LogP contribution in [0.2, 0.25) is 0 Å². The van der Waals surface area contributed by atoms with Gasteiger partial charge in [-0.25, -0.2) is 0 Å². The quantitative estimate of drug-likeness (QED) is 0.753. The van der Waals surface area contributed by atoms with Gasteiger partial charge >= 0.3 is 0 Å². The third-order valence-electron chi connectivity index (χ3n) is 2.71. The van der Waals surface area contributed by atoms with Gasteiger partial charge in [0.25, 0.3) is 5.91 Å². The van der Waals surface area contributed by atoms with Crippen LogP contribution in [0.3, 0.4) is 0 Å². The highest BCUT2D eigenvalue weighted by Crippen LogP contribution is 2.11. The van der Waals surface area contributed by atoms with Crippen molar-refractivity contribution in [2.75, 3.05) is 6.61 Å². The molecule has 98 valence electrons. The molecule has 1 amide bonds. The molecular formula is C14H19NO3. The van der Waals surface area contributed by atoms with Gasteiger partial charge in [0.15, 0.2) is 6.61 Å². The van der Waals surface area contributed by atoms with Crippen molar-refractivity contribution >= 4 is 12.2 Å². The lowest BCUT2D eigenvalue weighted by Crippen LogP contribution is -2.37. The van der Waals surface area contributed by atoms with Crippen LogP contribution in [-0.2, 0) is 4.79 Å². The van der Waals surface area contributed by atoms with Crippen LogP contribution >= 0.6 is 0 Å². The molecule has 18 heavy (non-hydrogen) atoms. The van der Waals surface area contributed by atoms with Gasteiger partial charge < -0.3 is 10.1 Å². The largest absolute Gasteiger partial charge is 0.484 e. The van der Waals surface area contributed by atoms with E-state index in [2.05, 4.69) is 5.32 Å². The van der Waals surface area contributed by atoms with E-state index in [1.54, 1.807) is 24.3 Å². The zero-order chi connectivity index (χ0) is 13.4.